The number of aromatic amines is 1. The van der Waals surface area contributed by atoms with Crippen molar-refractivity contribution in [1.82, 2.24) is 20.0 Å². The minimum Gasteiger partial charge on any atom is -0.454 e. The Kier molecular flexibility index (Phi) is 5.79. The zero-order chi connectivity index (χ0) is 21.9. The monoisotopic (exact) mass is 433 g/mol. The van der Waals surface area contributed by atoms with E-state index < -0.39 is 0 Å². The minimum absolute atomic E-state index is 0.172. The number of carbonyl (C=O) groups is 1. The number of fused-ring (bicyclic) bond motifs is 1. The molecule has 32 heavy (non-hydrogen) atoms. The maximum absolute atomic E-state index is 12.7. The molecule has 0 aliphatic carbocycles. The standard InChI is InChI=1S/C24H27N5O3/c1-2-28-9-11-29(12-10-28)15-17-3-5-18(6-4-17)24(30)25-23-14-20(26-27-23)19-7-8-21-22(13-19)32-16-31-21/h3-8,13-14H,2,9-12,15-16H2,1H3,(H2,25,26,27,30). The Labute approximate surface area is 187 Å². The van der Waals surface area contributed by atoms with E-state index in [9.17, 15) is 4.79 Å². The fourth-order valence-electron chi connectivity index (χ4n) is 4.07. The van der Waals surface area contributed by atoms with Crippen LogP contribution in [-0.4, -0.2) is 65.4 Å². The van der Waals surface area contributed by atoms with E-state index in [2.05, 4.69) is 32.2 Å². The van der Waals surface area contributed by atoms with Gasteiger partial charge in [0.25, 0.3) is 5.91 Å². The average molecular weight is 434 g/mol. The maximum atomic E-state index is 12.7. The summed E-state index contributed by atoms with van der Waals surface area (Å²) in [6.45, 7) is 8.88. The first-order chi connectivity index (χ1) is 15.7. The molecule has 1 saturated heterocycles. The highest BCUT2D eigenvalue weighted by atomic mass is 16.7. The lowest BCUT2D eigenvalue weighted by atomic mass is 10.1. The number of piperazine rings is 1. The van der Waals surface area contributed by atoms with E-state index in [1.54, 1.807) is 6.07 Å². The molecule has 3 heterocycles. The Morgan fingerprint density at radius 2 is 1.75 bits per heavy atom. The summed E-state index contributed by atoms with van der Waals surface area (Å²) in [4.78, 5) is 17.6. The van der Waals surface area contributed by atoms with Crippen LogP contribution in [-0.2, 0) is 6.54 Å². The molecule has 8 heteroatoms. The van der Waals surface area contributed by atoms with E-state index >= 15 is 0 Å². The van der Waals surface area contributed by atoms with Gasteiger partial charge in [-0.15, -0.1) is 0 Å². The lowest BCUT2D eigenvalue weighted by molar-refractivity contribution is 0.102. The zero-order valence-electron chi connectivity index (χ0n) is 18.1. The molecule has 5 rings (SSSR count). The lowest BCUT2D eigenvalue weighted by Crippen LogP contribution is -2.45. The van der Waals surface area contributed by atoms with Gasteiger partial charge >= 0.3 is 0 Å². The first-order valence-corrected chi connectivity index (χ1v) is 11.0. The summed E-state index contributed by atoms with van der Waals surface area (Å²) in [5.74, 6) is 1.79. The normalized spacial score (nSPS) is 16.3. The maximum Gasteiger partial charge on any atom is 0.256 e. The van der Waals surface area contributed by atoms with Crippen molar-refractivity contribution >= 4 is 11.7 Å². The highest BCUT2D eigenvalue weighted by Gasteiger charge is 2.17. The number of ether oxygens (including phenoxy) is 2. The summed E-state index contributed by atoms with van der Waals surface area (Å²) >= 11 is 0. The quantitative estimate of drug-likeness (QED) is 0.621. The van der Waals surface area contributed by atoms with Crippen LogP contribution in [0, 0.1) is 0 Å². The molecule has 1 aromatic heterocycles. The van der Waals surface area contributed by atoms with E-state index in [0.717, 1.165) is 56.3 Å². The fraction of sp³-hybridized carbons (Fsp3) is 0.333. The van der Waals surface area contributed by atoms with Crippen molar-refractivity contribution in [2.24, 2.45) is 0 Å². The van der Waals surface area contributed by atoms with Crippen molar-refractivity contribution in [3.8, 4) is 22.8 Å². The van der Waals surface area contributed by atoms with E-state index in [1.807, 2.05) is 42.5 Å². The summed E-state index contributed by atoms with van der Waals surface area (Å²) in [5.41, 5.74) is 3.44. The number of benzene rings is 2. The number of aromatic nitrogens is 2. The van der Waals surface area contributed by atoms with Crippen LogP contribution in [0.3, 0.4) is 0 Å². The van der Waals surface area contributed by atoms with Crippen molar-refractivity contribution in [2.45, 2.75) is 13.5 Å². The Balaban J connectivity index is 1.18. The number of anilines is 1. The van der Waals surface area contributed by atoms with Gasteiger partial charge in [0.1, 0.15) is 5.82 Å². The van der Waals surface area contributed by atoms with Gasteiger partial charge in [0, 0.05) is 49.9 Å². The smallest absolute Gasteiger partial charge is 0.256 e. The summed E-state index contributed by atoms with van der Waals surface area (Å²) < 4.78 is 10.8. The van der Waals surface area contributed by atoms with Crippen LogP contribution in [0.25, 0.3) is 11.3 Å². The molecule has 0 atom stereocenters. The predicted molar refractivity (Wildman–Crippen MR) is 122 cm³/mol. The van der Waals surface area contributed by atoms with E-state index in [1.165, 1.54) is 5.56 Å². The first kappa shape index (κ1) is 20.5. The van der Waals surface area contributed by atoms with E-state index in [-0.39, 0.29) is 12.7 Å². The third-order valence-electron chi connectivity index (χ3n) is 6.03. The number of hydrogen-bond donors (Lipinski definition) is 2. The highest BCUT2D eigenvalue weighted by Crippen LogP contribution is 2.35. The second kappa shape index (κ2) is 9.02. The fourth-order valence-corrected chi connectivity index (χ4v) is 4.07. The van der Waals surface area contributed by atoms with Crippen LogP contribution in [0.15, 0.2) is 48.5 Å². The topological polar surface area (TPSA) is 82.7 Å². The molecule has 2 aliphatic rings. The van der Waals surface area contributed by atoms with Gasteiger partial charge in [-0.2, -0.15) is 5.10 Å². The van der Waals surface area contributed by atoms with Gasteiger partial charge in [-0.1, -0.05) is 19.1 Å². The van der Waals surface area contributed by atoms with Crippen molar-refractivity contribution < 1.29 is 14.3 Å². The third-order valence-corrected chi connectivity index (χ3v) is 6.03. The van der Waals surface area contributed by atoms with Gasteiger partial charge in [0.15, 0.2) is 11.5 Å². The first-order valence-electron chi connectivity index (χ1n) is 11.0. The number of likely N-dealkylation sites (N-methyl/N-ethyl adjacent to an activating group) is 1. The van der Waals surface area contributed by atoms with Crippen molar-refractivity contribution in [3.63, 3.8) is 0 Å². The number of carbonyl (C=O) groups excluding carboxylic acids is 1. The molecular formula is C24H27N5O3. The summed E-state index contributed by atoms with van der Waals surface area (Å²) in [7, 11) is 0. The van der Waals surface area contributed by atoms with Gasteiger partial charge in [0.05, 0.1) is 5.69 Å². The molecule has 0 bridgehead atoms. The van der Waals surface area contributed by atoms with Gasteiger partial charge < -0.3 is 19.7 Å². The SMILES string of the molecule is CCN1CCN(Cc2ccc(C(=O)Nc3cc(-c4ccc5c(c4)OCO5)n[nH]3)cc2)CC1. The molecule has 8 nitrogen and oxygen atoms in total. The molecule has 1 amide bonds. The number of hydrogen-bond acceptors (Lipinski definition) is 6. The number of nitrogens with zero attached hydrogens (tertiary/aromatic N) is 3. The summed E-state index contributed by atoms with van der Waals surface area (Å²) in [5, 5.41) is 10.1. The Hall–Kier alpha value is -3.36. The summed E-state index contributed by atoms with van der Waals surface area (Å²) in [6.07, 6.45) is 0. The number of H-pyrrole nitrogens is 1. The molecule has 166 valence electrons. The third kappa shape index (κ3) is 4.46. The molecule has 2 N–H and O–H groups in total. The number of nitrogens with one attached hydrogen (secondary N) is 2. The Bertz CT molecular complexity index is 1090. The second-order valence-electron chi connectivity index (χ2n) is 8.10. The molecule has 2 aliphatic heterocycles. The van der Waals surface area contributed by atoms with Crippen molar-refractivity contribution in [3.05, 3.63) is 59.7 Å². The van der Waals surface area contributed by atoms with Gasteiger partial charge in [0.2, 0.25) is 6.79 Å². The van der Waals surface area contributed by atoms with Crippen LogP contribution in [0.4, 0.5) is 5.82 Å². The molecule has 0 unspecified atom stereocenters. The van der Waals surface area contributed by atoms with Crippen LogP contribution >= 0.6 is 0 Å². The Morgan fingerprint density at radius 3 is 2.53 bits per heavy atom. The summed E-state index contributed by atoms with van der Waals surface area (Å²) in [6, 6.07) is 15.3. The molecular weight excluding hydrogens is 406 g/mol. The van der Waals surface area contributed by atoms with Crippen molar-refractivity contribution in [1.29, 1.82) is 0 Å². The van der Waals surface area contributed by atoms with Crippen LogP contribution in [0.1, 0.15) is 22.8 Å². The van der Waals surface area contributed by atoms with E-state index in [4.69, 9.17) is 9.47 Å². The van der Waals surface area contributed by atoms with Crippen molar-refractivity contribution in [2.75, 3.05) is 44.8 Å². The van der Waals surface area contributed by atoms with Crippen LogP contribution < -0.4 is 14.8 Å². The number of rotatable bonds is 6. The lowest BCUT2D eigenvalue weighted by Gasteiger charge is -2.34. The second-order valence-corrected chi connectivity index (χ2v) is 8.10. The molecule has 0 saturated carbocycles. The van der Waals surface area contributed by atoms with Gasteiger partial charge in [-0.25, -0.2) is 0 Å². The molecule has 1 fully saturated rings. The Morgan fingerprint density at radius 1 is 1.00 bits per heavy atom. The molecule has 0 radical (unpaired) electrons. The van der Waals surface area contributed by atoms with Crippen LogP contribution in [0.2, 0.25) is 0 Å². The molecule has 0 spiro atoms. The highest BCUT2D eigenvalue weighted by molar-refractivity contribution is 6.04. The van der Waals surface area contributed by atoms with Gasteiger partial charge in [-0.05, 0) is 42.4 Å². The van der Waals surface area contributed by atoms with Gasteiger partial charge in [-0.3, -0.25) is 14.8 Å². The molecule has 3 aromatic rings. The average Bonchev–Trinajstić information content (AvgIpc) is 3.49. The van der Waals surface area contributed by atoms with Crippen LogP contribution in [0.5, 0.6) is 11.5 Å². The van der Waals surface area contributed by atoms with E-state index in [0.29, 0.717) is 17.1 Å². The predicted octanol–water partition coefficient (Wildman–Crippen LogP) is 3.20. The zero-order valence-corrected chi connectivity index (χ0v) is 18.1. The minimum atomic E-state index is -0.172. The number of amides is 1. The molecule has 2 aromatic carbocycles. The largest absolute Gasteiger partial charge is 0.454 e.